The third-order valence-electron chi connectivity index (χ3n) is 3.70. The fourth-order valence-electron chi connectivity index (χ4n) is 2.75. The van der Waals surface area contributed by atoms with E-state index in [0.29, 0.717) is 19.8 Å². The van der Waals surface area contributed by atoms with Crippen molar-refractivity contribution in [2.75, 3.05) is 20.3 Å². The standard InChI is InChI=1S/C13H21N3O3/c1-3-19-12(17)13(6-4-5-7-13)11-15-14-10-16(11)8-9-18-2/h10H,3-9H2,1-2H3. The van der Waals surface area contributed by atoms with Gasteiger partial charge < -0.3 is 14.0 Å². The van der Waals surface area contributed by atoms with Crippen molar-refractivity contribution in [2.24, 2.45) is 0 Å². The lowest BCUT2D eigenvalue weighted by atomic mass is 9.85. The zero-order valence-corrected chi connectivity index (χ0v) is 11.6. The molecule has 0 amide bonds. The summed E-state index contributed by atoms with van der Waals surface area (Å²) in [6.07, 6.45) is 5.29. The molecule has 0 spiro atoms. The topological polar surface area (TPSA) is 66.2 Å². The Balaban J connectivity index is 2.29. The van der Waals surface area contributed by atoms with Crippen LogP contribution >= 0.6 is 0 Å². The summed E-state index contributed by atoms with van der Waals surface area (Å²) in [6.45, 7) is 3.45. The highest BCUT2D eigenvalue weighted by Gasteiger charge is 2.47. The summed E-state index contributed by atoms with van der Waals surface area (Å²) in [5, 5.41) is 8.14. The summed E-state index contributed by atoms with van der Waals surface area (Å²) in [6, 6.07) is 0. The highest BCUT2D eigenvalue weighted by atomic mass is 16.5. The number of nitrogens with zero attached hydrogens (tertiary/aromatic N) is 3. The summed E-state index contributed by atoms with van der Waals surface area (Å²) in [5.41, 5.74) is -0.611. The van der Waals surface area contributed by atoms with Gasteiger partial charge in [0.05, 0.1) is 13.2 Å². The van der Waals surface area contributed by atoms with Crippen LogP contribution in [0.2, 0.25) is 0 Å². The Hall–Kier alpha value is -1.43. The normalized spacial score (nSPS) is 17.6. The second kappa shape index (κ2) is 6.14. The highest BCUT2D eigenvalue weighted by molar-refractivity contribution is 5.82. The van der Waals surface area contributed by atoms with E-state index in [1.807, 2.05) is 11.5 Å². The smallest absolute Gasteiger partial charge is 0.319 e. The minimum Gasteiger partial charge on any atom is -0.465 e. The summed E-state index contributed by atoms with van der Waals surface area (Å²) in [4.78, 5) is 12.4. The SMILES string of the molecule is CCOC(=O)C1(c2nncn2CCOC)CCCC1. The van der Waals surface area contributed by atoms with Crippen LogP contribution in [-0.2, 0) is 26.2 Å². The number of ether oxygens (including phenoxy) is 2. The first-order valence-electron chi connectivity index (χ1n) is 6.79. The summed E-state index contributed by atoms with van der Waals surface area (Å²) >= 11 is 0. The third-order valence-corrected chi connectivity index (χ3v) is 3.70. The van der Waals surface area contributed by atoms with Crippen molar-refractivity contribution in [1.82, 2.24) is 14.8 Å². The van der Waals surface area contributed by atoms with Gasteiger partial charge in [0.1, 0.15) is 17.6 Å². The molecule has 1 aliphatic rings. The molecule has 1 heterocycles. The largest absolute Gasteiger partial charge is 0.465 e. The van der Waals surface area contributed by atoms with E-state index in [1.165, 1.54) is 0 Å². The van der Waals surface area contributed by atoms with Crippen LogP contribution in [0.3, 0.4) is 0 Å². The molecule has 0 aliphatic heterocycles. The summed E-state index contributed by atoms with van der Waals surface area (Å²) in [5.74, 6) is 0.555. The first kappa shape index (κ1) is 14.0. The lowest BCUT2D eigenvalue weighted by Crippen LogP contribution is -2.38. The Bertz CT molecular complexity index is 425. The van der Waals surface area contributed by atoms with Gasteiger partial charge in [-0.2, -0.15) is 0 Å². The number of hydrogen-bond donors (Lipinski definition) is 0. The predicted molar refractivity (Wildman–Crippen MR) is 68.7 cm³/mol. The Morgan fingerprint density at radius 3 is 2.84 bits per heavy atom. The van der Waals surface area contributed by atoms with Gasteiger partial charge >= 0.3 is 5.97 Å². The summed E-state index contributed by atoms with van der Waals surface area (Å²) in [7, 11) is 1.65. The molecule has 0 saturated heterocycles. The molecule has 0 bridgehead atoms. The van der Waals surface area contributed by atoms with E-state index in [9.17, 15) is 4.79 Å². The maximum atomic E-state index is 12.4. The van der Waals surface area contributed by atoms with Crippen molar-refractivity contribution < 1.29 is 14.3 Å². The highest BCUT2D eigenvalue weighted by Crippen LogP contribution is 2.41. The molecule has 0 unspecified atom stereocenters. The number of hydrogen-bond acceptors (Lipinski definition) is 5. The molecular formula is C13H21N3O3. The third kappa shape index (κ3) is 2.63. The maximum Gasteiger partial charge on any atom is 0.319 e. The molecule has 6 heteroatoms. The molecule has 2 rings (SSSR count). The minimum absolute atomic E-state index is 0.167. The molecule has 1 fully saturated rings. The van der Waals surface area contributed by atoms with Gasteiger partial charge in [0.25, 0.3) is 0 Å². The fourth-order valence-corrected chi connectivity index (χ4v) is 2.75. The van der Waals surface area contributed by atoms with Gasteiger partial charge in [-0.15, -0.1) is 10.2 Å². The summed E-state index contributed by atoms with van der Waals surface area (Å²) < 4.78 is 12.3. The van der Waals surface area contributed by atoms with Gasteiger partial charge in [0.2, 0.25) is 0 Å². The number of methoxy groups -OCH3 is 1. The molecule has 0 aromatic carbocycles. The average molecular weight is 267 g/mol. The van der Waals surface area contributed by atoms with Crippen LogP contribution < -0.4 is 0 Å². The van der Waals surface area contributed by atoms with Gasteiger partial charge in [-0.25, -0.2) is 0 Å². The van der Waals surface area contributed by atoms with Crippen molar-refractivity contribution in [2.45, 2.75) is 44.6 Å². The lowest BCUT2D eigenvalue weighted by molar-refractivity contribution is -0.150. The average Bonchev–Trinajstić information content (AvgIpc) is 3.06. The molecule has 0 radical (unpaired) electrons. The first-order chi connectivity index (χ1) is 9.24. The minimum atomic E-state index is -0.611. The quantitative estimate of drug-likeness (QED) is 0.727. The number of rotatable bonds is 6. The van der Waals surface area contributed by atoms with E-state index in [0.717, 1.165) is 31.5 Å². The zero-order chi connectivity index (χ0) is 13.7. The van der Waals surface area contributed by atoms with Crippen molar-refractivity contribution in [1.29, 1.82) is 0 Å². The van der Waals surface area contributed by atoms with Gasteiger partial charge in [-0.3, -0.25) is 4.79 Å². The van der Waals surface area contributed by atoms with Crippen LogP contribution in [0, 0.1) is 0 Å². The zero-order valence-electron chi connectivity index (χ0n) is 11.6. The molecule has 1 aliphatic carbocycles. The van der Waals surface area contributed by atoms with E-state index in [1.54, 1.807) is 13.4 Å². The van der Waals surface area contributed by atoms with Gasteiger partial charge in [-0.1, -0.05) is 12.8 Å². The molecule has 1 saturated carbocycles. The Kier molecular flexibility index (Phi) is 4.52. The van der Waals surface area contributed by atoms with Gasteiger partial charge in [0, 0.05) is 13.7 Å². The van der Waals surface area contributed by atoms with Crippen molar-refractivity contribution in [3.63, 3.8) is 0 Å². The van der Waals surface area contributed by atoms with Gasteiger partial charge in [0.15, 0.2) is 0 Å². The monoisotopic (exact) mass is 267 g/mol. The lowest BCUT2D eigenvalue weighted by Gasteiger charge is -2.25. The number of carbonyl (C=O) groups excluding carboxylic acids is 1. The van der Waals surface area contributed by atoms with E-state index in [2.05, 4.69) is 10.2 Å². The molecular weight excluding hydrogens is 246 g/mol. The second-order valence-corrected chi connectivity index (χ2v) is 4.85. The fraction of sp³-hybridized carbons (Fsp3) is 0.769. The molecule has 106 valence electrons. The van der Waals surface area contributed by atoms with Crippen LogP contribution in [0.4, 0.5) is 0 Å². The van der Waals surface area contributed by atoms with Crippen LogP contribution in [0.25, 0.3) is 0 Å². The maximum absolute atomic E-state index is 12.4. The molecule has 1 aromatic rings. The molecule has 6 nitrogen and oxygen atoms in total. The predicted octanol–water partition coefficient (Wildman–Crippen LogP) is 1.30. The van der Waals surface area contributed by atoms with Crippen LogP contribution in [0.5, 0.6) is 0 Å². The molecule has 0 N–H and O–H groups in total. The van der Waals surface area contributed by atoms with E-state index in [-0.39, 0.29) is 5.97 Å². The first-order valence-corrected chi connectivity index (χ1v) is 6.79. The number of carbonyl (C=O) groups is 1. The van der Waals surface area contributed by atoms with Crippen molar-refractivity contribution >= 4 is 5.97 Å². The molecule has 1 aromatic heterocycles. The Labute approximate surface area is 113 Å². The molecule has 19 heavy (non-hydrogen) atoms. The Morgan fingerprint density at radius 2 is 2.21 bits per heavy atom. The van der Waals surface area contributed by atoms with Crippen LogP contribution in [0.1, 0.15) is 38.4 Å². The van der Waals surface area contributed by atoms with Crippen LogP contribution in [-0.4, -0.2) is 41.1 Å². The molecule has 0 atom stereocenters. The number of aromatic nitrogens is 3. The van der Waals surface area contributed by atoms with Crippen molar-refractivity contribution in [3.8, 4) is 0 Å². The number of esters is 1. The second-order valence-electron chi connectivity index (χ2n) is 4.85. The van der Waals surface area contributed by atoms with Crippen molar-refractivity contribution in [3.05, 3.63) is 12.2 Å². The Morgan fingerprint density at radius 1 is 1.47 bits per heavy atom. The van der Waals surface area contributed by atoms with Crippen LogP contribution in [0.15, 0.2) is 6.33 Å². The van der Waals surface area contributed by atoms with E-state index >= 15 is 0 Å². The van der Waals surface area contributed by atoms with Gasteiger partial charge in [-0.05, 0) is 19.8 Å². The van der Waals surface area contributed by atoms with E-state index in [4.69, 9.17) is 9.47 Å². The van der Waals surface area contributed by atoms with E-state index < -0.39 is 5.41 Å².